The number of aryl methyl sites for hydroxylation is 2. The van der Waals surface area contributed by atoms with E-state index in [2.05, 4.69) is 10.3 Å². The Kier molecular flexibility index (Phi) is 4.00. The lowest BCUT2D eigenvalue weighted by atomic mass is 10.1. The number of benzene rings is 1. The van der Waals surface area contributed by atoms with Crippen LogP contribution in [0, 0.1) is 13.8 Å². The van der Waals surface area contributed by atoms with Crippen LogP contribution in [-0.2, 0) is 0 Å². The van der Waals surface area contributed by atoms with Gasteiger partial charge in [0.15, 0.2) is 0 Å². The van der Waals surface area contributed by atoms with E-state index >= 15 is 0 Å². The van der Waals surface area contributed by atoms with Gasteiger partial charge in [0.2, 0.25) is 5.89 Å². The molecule has 0 aliphatic heterocycles. The molecule has 0 aliphatic carbocycles. The van der Waals surface area contributed by atoms with Gasteiger partial charge in [-0.1, -0.05) is 17.7 Å². The molecule has 3 rings (SSSR count). The molecule has 0 fully saturated rings. The number of rotatable bonds is 3. The average molecular weight is 333 g/mol. The summed E-state index contributed by atoms with van der Waals surface area (Å²) in [6, 6.07) is 9.04. The summed E-state index contributed by atoms with van der Waals surface area (Å²) in [4.78, 5) is 17.1. The maximum absolute atomic E-state index is 12.2. The van der Waals surface area contributed by atoms with E-state index < -0.39 is 0 Å². The zero-order valence-electron chi connectivity index (χ0n) is 12.0. The number of oxazole rings is 1. The number of aromatic nitrogens is 1. The number of hydrogen-bond donors (Lipinski definition) is 1. The highest BCUT2D eigenvalue weighted by Gasteiger charge is 2.12. The molecule has 6 heteroatoms. The van der Waals surface area contributed by atoms with Crippen molar-refractivity contribution in [1.29, 1.82) is 0 Å². The Hall–Kier alpha value is -2.11. The summed E-state index contributed by atoms with van der Waals surface area (Å²) in [5.41, 5.74) is 3.39. The largest absolute Gasteiger partial charge is 0.444 e. The van der Waals surface area contributed by atoms with Crippen LogP contribution in [-0.4, -0.2) is 10.9 Å². The van der Waals surface area contributed by atoms with Gasteiger partial charge in [-0.05, 0) is 43.7 Å². The van der Waals surface area contributed by atoms with Gasteiger partial charge in [-0.25, -0.2) is 4.98 Å². The van der Waals surface area contributed by atoms with Crippen LogP contribution >= 0.6 is 22.9 Å². The number of amides is 1. The molecule has 1 N–H and O–H groups in total. The van der Waals surface area contributed by atoms with Gasteiger partial charge in [-0.2, -0.15) is 0 Å². The second kappa shape index (κ2) is 5.94. The Morgan fingerprint density at radius 3 is 2.73 bits per heavy atom. The number of carbonyl (C=O) groups is 1. The van der Waals surface area contributed by atoms with Crippen molar-refractivity contribution >= 4 is 34.5 Å². The molecular formula is C16H13ClN2O2S. The van der Waals surface area contributed by atoms with Crippen molar-refractivity contribution in [2.75, 3.05) is 5.32 Å². The molecular weight excluding hydrogens is 320 g/mol. The third kappa shape index (κ3) is 3.05. The number of thiophene rings is 1. The fourth-order valence-electron chi connectivity index (χ4n) is 2.04. The SMILES string of the molecule is Cc1coc(-c2cc(NC(=O)c3ccc(Cl)s3)ccc2C)n1. The van der Waals surface area contributed by atoms with Gasteiger partial charge in [0.05, 0.1) is 14.9 Å². The van der Waals surface area contributed by atoms with E-state index in [4.69, 9.17) is 16.0 Å². The van der Waals surface area contributed by atoms with E-state index in [1.165, 1.54) is 11.3 Å². The minimum absolute atomic E-state index is 0.185. The van der Waals surface area contributed by atoms with Crippen molar-refractivity contribution in [3.63, 3.8) is 0 Å². The minimum Gasteiger partial charge on any atom is -0.444 e. The molecule has 0 aliphatic rings. The third-order valence-electron chi connectivity index (χ3n) is 3.14. The van der Waals surface area contributed by atoms with E-state index in [-0.39, 0.29) is 5.91 Å². The standard InChI is InChI=1S/C16H13ClN2O2S/c1-9-3-4-11(7-12(9)16-18-10(2)8-21-16)19-15(20)13-5-6-14(17)22-13/h3-8H,1-2H3,(H,19,20). The highest BCUT2D eigenvalue weighted by molar-refractivity contribution is 7.18. The minimum atomic E-state index is -0.185. The average Bonchev–Trinajstić information content (AvgIpc) is 3.10. The van der Waals surface area contributed by atoms with E-state index in [0.29, 0.717) is 20.8 Å². The predicted molar refractivity (Wildman–Crippen MR) is 88.7 cm³/mol. The van der Waals surface area contributed by atoms with Crippen molar-refractivity contribution in [1.82, 2.24) is 4.98 Å². The topological polar surface area (TPSA) is 55.1 Å². The lowest BCUT2D eigenvalue weighted by Gasteiger charge is -2.07. The van der Waals surface area contributed by atoms with E-state index in [9.17, 15) is 4.79 Å². The van der Waals surface area contributed by atoms with Crippen LogP contribution in [0.4, 0.5) is 5.69 Å². The van der Waals surface area contributed by atoms with Crippen LogP contribution in [0.25, 0.3) is 11.5 Å². The van der Waals surface area contributed by atoms with E-state index in [1.54, 1.807) is 18.4 Å². The zero-order valence-corrected chi connectivity index (χ0v) is 13.6. The first-order valence-corrected chi connectivity index (χ1v) is 7.82. The summed E-state index contributed by atoms with van der Waals surface area (Å²) in [6.07, 6.45) is 1.60. The second-order valence-electron chi connectivity index (χ2n) is 4.88. The lowest BCUT2D eigenvalue weighted by Crippen LogP contribution is -2.10. The molecule has 0 unspecified atom stereocenters. The molecule has 2 heterocycles. The number of carbonyl (C=O) groups excluding carboxylic acids is 1. The molecule has 112 valence electrons. The van der Waals surface area contributed by atoms with Crippen LogP contribution in [0.1, 0.15) is 20.9 Å². The van der Waals surface area contributed by atoms with Crippen LogP contribution in [0.3, 0.4) is 0 Å². The number of nitrogens with one attached hydrogen (secondary N) is 1. The molecule has 2 aromatic heterocycles. The Morgan fingerprint density at radius 1 is 1.27 bits per heavy atom. The van der Waals surface area contributed by atoms with Crippen molar-refractivity contribution in [2.24, 2.45) is 0 Å². The van der Waals surface area contributed by atoms with Crippen LogP contribution in [0.15, 0.2) is 41.0 Å². The van der Waals surface area contributed by atoms with Crippen LogP contribution in [0.2, 0.25) is 4.34 Å². The Morgan fingerprint density at radius 2 is 2.09 bits per heavy atom. The Labute approximate surface area is 136 Å². The van der Waals surface area contributed by atoms with Gasteiger partial charge in [0.1, 0.15) is 6.26 Å². The fourth-order valence-corrected chi connectivity index (χ4v) is 2.98. The van der Waals surface area contributed by atoms with Crippen molar-refractivity contribution in [2.45, 2.75) is 13.8 Å². The molecule has 0 atom stereocenters. The highest BCUT2D eigenvalue weighted by Crippen LogP contribution is 2.27. The van der Waals surface area contributed by atoms with Crippen molar-refractivity contribution < 1.29 is 9.21 Å². The van der Waals surface area contributed by atoms with Gasteiger partial charge in [-0.3, -0.25) is 4.79 Å². The first-order valence-electron chi connectivity index (χ1n) is 6.63. The fraction of sp³-hybridized carbons (Fsp3) is 0.125. The predicted octanol–water partition coefficient (Wildman–Crippen LogP) is 4.93. The van der Waals surface area contributed by atoms with E-state index in [1.807, 2.05) is 32.0 Å². The van der Waals surface area contributed by atoms with Gasteiger partial charge in [-0.15, -0.1) is 11.3 Å². The molecule has 22 heavy (non-hydrogen) atoms. The summed E-state index contributed by atoms with van der Waals surface area (Å²) >= 11 is 7.10. The number of nitrogens with zero attached hydrogens (tertiary/aromatic N) is 1. The second-order valence-corrected chi connectivity index (χ2v) is 6.60. The molecule has 0 radical (unpaired) electrons. The zero-order chi connectivity index (χ0) is 15.7. The summed E-state index contributed by atoms with van der Waals surface area (Å²) in [6.45, 7) is 3.84. The molecule has 1 amide bonds. The number of halogens is 1. The summed E-state index contributed by atoms with van der Waals surface area (Å²) in [7, 11) is 0. The summed E-state index contributed by atoms with van der Waals surface area (Å²) < 4.78 is 6.03. The van der Waals surface area contributed by atoms with Crippen molar-refractivity contribution in [3.8, 4) is 11.5 Å². The summed E-state index contributed by atoms with van der Waals surface area (Å²) in [5.74, 6) is 0.362. The van der Waals surface area contributed by atoms with Gasteiger partial charge >= 0.3 is 0 Å². The molecule has 4 nitrogen and oxygen atoms in total. The van der Waals surface area contributed by atoms with Gasteiger partial charge in [0, 0.05) is 11.3 Å². The first-order chi connectivity index (χ1) is 10.5. The van der Waals surface area contributed by atoms with Gasteiger partial charge < -0.3 is 9.73 Å². The third-order valence-corrected chi connectivity index (χ3v) is 4.37. The summed E-state index contributed by atoms with van der Waals surface area (Å²) in [5, 5.41) is 2.86. The Bertz CT molecular complexity index is 838. The lowest BCUT2D eigenvalue weighted by molar-refractivity contribution is 0.103. The maximum atomic E-state index is 12.2. The smallest absolute Gasteiger partial charge is 0.265 e. The monoisotopic (exact) mass is 332 g/mol. The van der Waals surface area contributed by atoms with Crippen molar-refractivity contribution in [3.05, 3.63) is 57.1 Å². The molecule has 0 saturated heterocycles. The molecule has 0 saturated carbocycles. The number of hydrogen-bond acceptors (Lipinski definition) is 4. The number of anilines is 1. The van der Waals surface area contributed by atoms with Crippen LogP contribution in [0.5, 0.6) is 0 Å². The molecule has 1 aromatic carbocycles. The normalized spacial score (nSPS) is 10.7. The maximum Gasteiger partial charge on any atom is 0.265 e. The Balaban J connectivity index is 1.87. The molecule has 0 spiro atoms. The van der Waals surface area contributed by atoms with Crippen LogP contribution < -0.4 is 5.32 Å². The first kappa shape index (κ1) is 14.8. The molecule has 3 aromatic rings. The van der Waals surface area contributed by atoms with Gasteiger partial charge in [0.25, 0.3) is 5.91 Å². The van der Waals surface area contributed by atoms with E-state index in [0.717, 1.165) is 16.8 Å². The quantitative estimate of drug-likeness (QED) is 0.740. The molecule has 0 bridgehead atoms. The highest BCUT2D eigenvalue weighted by atomic mass is 35.5.